The molecule has 0 fully saturated rings. The number of carbonyl (C=O) groups excluding carboxylic acids is 1. The normalized spacial score (nSPS) is 25.5. The van der Waals surface area contributed by atoms with Crippen LogP contribution in [0.25, 0.3) is 0 Å². The van der Waals surface area contributed by atoms with Crippen LogP contribution in [0.5, 0.6) is 11.5 Å². The van der Waals surface area contributed by atoms with Crippen LogP contribution in [0.2, 0.25) is 5.02 Å². The van der Waals surface area contributed by atoms with E-state index in [1.165, 1.54) is 11.6 Å². The number of carbonyl (C=O) groups is 1. The summed E-state index contributed by atoms with van der Waals surface area (Å²) < 4.78 is 56.7. The van der Waals surface area contributed by atoms with Gasteiger partial charge in [-0.1, -0.05) is 23.7 Å². The average Bonchev–Trinajstić information content (AvgIpc) is 3.10. The summed E-state index contributed by atoms with van der Waals surface area (Å²) in [4.78, 5) is 12.6. The van der Waals surface area contributed by atoms with Gasteiger partial charge in [-0.3, -0.25) is 0 Å². The van der Waals surface area contributed by atoms with Crippen LogP contribution in [-0.2, 0) is 22.7 Å². The molecule has 0 amide bonds. The molecular formula is C24H20ClF3O4. The van der Waals surface area contributed by atoms with Gasteiger partial charge in [-0.25, -0.2) is 4.79 Å². The van der Waals surface area contributed by atoms with E-state index >= 15 is 0 Å². The van der Waals surface area contributed by atoms with Gasteiger partial charge in [-0.2, -0.15) is 13.2 Å². The van der Waals surface area contributed by atoms with Gasteiger partial charge in [0.05, 0.1) is 28.7 Å². The van der Waals surface area contributed by atoms with Crippen molar-refractivity contribution in [3.8, 4) is 11.5 Å². The zero-order valence-corrected chi connectivity index (χ0v) is 17.9. The Bertz CT molecular complexity index is 1130. The summed E-state index contributed by atoms with van der Waals surface area (Å²) in [6.07, 6.45) is 1.63. The molecule has 168 valence electrons. The number of alkyl halides is 3. The second kappa shape index (κ2) is 7.44. The molecule has 3 atom stereocenters. The van der Waals surface area contributed by atoms with Crippen molar-refractivity contribution in [2.45, 2.75) is 49.5 Å². The SMILES string of the molecule is COc1ccc2c3c1OC1C[C@@H](OC(=O)c4ccc(Cl)c(C(F)(F)F)c4)C=C[C@@]31CCC2. The lowest BCUT2D eigenvalue weighted by molar-refractivity contribution is -0.137. The molecule has 0 saturated heterocycles. The van der Waals surface area contributed by atoms with E-state index in [2.05, 4.69) is 6.07 Å². The molecule has 1 spiro atoms. The van der Waals surface area contributed by atoms with Crippen molar-refractivity contribution in [2.24, 2.45) is 0 Å². The van der Waals surface area contributed by atoms with Crippen molar-refractivity contribution in [1.29, 1.82) is 0 Å². The molecule has 4 nitrogen and oxygen atoms in total. The minimum Gasteiger partial charge on any atom is -0.493 e. The summed E-state index contributed by atoms with van der Waals surface area (Å²) in [5.74, 6) is 0.566. The van der Waals surface area contributed by atoms with Gasteiger partial charge in [0.25, 0.3) is 0 Å². The van der Waals surface area contributed by atoms with Crippen LogP contribution < -0.4 is 9.47 Å². The van der Waals surface area contributed by atoms with Gasteiger partial charge in [-0.15, -0.1) is 0 Å². The number of hydrogen-bond acceptors (Lipinski definition) is 4. The van der Waals surface area contributed by atoms with Crippen molar-refractivity contribution >= 4 is 17.6 Å². The maximum atomic E-state index is 13.1. The zero-order valence-electron chi connectivity index (χ0n) is 17.2. The summed E-state index contributed by atoms with van der Waals surface area (Å²) in [6, 6.07) is 6.99. The number of aryl methyl sites for hydroxylation is 1. The van der Waals surface area contributed by atoms with Crippen LogP contribution in [0.15, 0.2) is 42.5 Å². The molecule has 0 N–H and O–H groups in total. The molecule has 0 bridgehead atoms. The second-order valence-corrected chi connectivity index (χ2v) is 8.77. The fraction of sp³-hybridized carbons (Fsp3) is 0.375. The van der Waals surface area contributed by atoms with Crippen molar-refractivity contribution in [3.63, 3.8) is 0 Å². The van der Waals surface area contributed by atoms with E-state index in [-0.39, 0.29) is 17.1 Å². The van der Waals surface area contributed by atoms with Crippen molar-refractivity contribution < 1.29 is 32.2 Å². The molecule has 1 aliphatic heterocycles. The Morgan fingerprint density at radius 1 is 1.25 bits per heavy atom. The quantitative estimate of drug-likeness (QED) is 0.420. The molecule has 2 aromatic rings. The predicted molar refractivity (Wildman–Crippen MR) is 111 cm³/mol. The third-order valence-electron chi connectivity index (χ3n) is 6.58. The largest absolute Gasteiger partial charge is 0.493 e. The van der Waals surface area contributed by atoms with Crippen LogP contribution >= 0.6 is 11.6 Å². The van der Waals surface area contributed by atoms with E-state index in [1.807, 2.05) is 18.2 Å². The smallest absolute Gasteiger partial charge is 0.417 e. The number of esters is 1. The fourth-order valence-corrected chi connectivity index (χ4v) is 5.35. The Morgan fingerprint density at radius 2 is 2.06 bits per heavy atom. The Morgan fingerprint density at radius 3 is 2.81 bits per heavy atom. The lowest BCUT2D eigenvalue weighted by atomic mass is 9.64. The van der Waals surface area contributed by atoms with Crippen LogP contribution in [0.3, 0.4) is 0 Å². The highest BCUT2D eigenvalue weighted by Gasteiger charge is 2.53. The highest BCUT2D eigenvalue weighted by Crippen LogP contribution is 2.57. The van der Waals surface area contributed by atoms with E-state index < -0.39 is 28.8 Å². The van der Waals surface area contributed by atoms with Crippen molar-refractivity contribution in [3.05, 3.63) is 69.8 Å². The molecule has 0 saturated carbocycles. The van der Waals surface area contributed by atoms with Crippen LogP contribution in [0, 0.1) is 0 Å². The van der Waals surface area contributed by atoms with Gasteiger partial charge in [0.1, 0.15) is 12.2 Å². The van der Waals surface area contributed by atoms with Gasteiger partial charge < -0.3 is 14.2 Å². The third-order valence-corrected chi connectivity index (χ3v) is 6.91. The first-order chi connectivity index (χ1) is 15.2. The lowest BCUT2D eigenvalue weighted by Gasteiger charge is -2.39. The Kier molecular flexibility index (Phi) is 4.93. The molecule has 5 rings (SSSR count). The van der Waals surface area contributed by atoms with Crippen molar-refractivity contribution in [1.82, 2.24) is 0 Å². The first-order valence-electron chi connectivity index (χ1n) is 10.4. The second-order valence-electron chi connectivity index (χ2n) is 8.36. The molecule has 3 aliphatic rings. The summed E-state index contributed by atoms with van der Waals surface area (Å²) in [5, 5.41) is -0.465. The number of hydrogen-bond donors (Lipinski definition) is 0. The minimum atomic E-state index is -4.66. The minimum absolute atomic E-state index is 0.201. The number of halogens is 4. The number of methoxy groups -OCH3 is 1. The predicted octanol–water partition coefficient (Wildman–Crippen LogP) is 5.89. The van der Waals surface area contributed by atoms with E-state index in [0.29, 0.717) is 12.2 Å². The molecule has 1 unspecified atom stereocenters. The highest BCUT2D eigenvalue weighted by atomic mass is 35.5. The van der Waals surface area contributed by atoms with Gasteiger partial charge in [0, 0.05) is 12.0 Å². The molecule has 0 radical (unpaired) electrons. The molecule has 2 aliphatic carbocycles. The van der Waals surface area contributed by atoms with E-state index in [9.17, 15) is 18.0 Å². The van der Waals surface area contributed by atoms with Gasteiger partial charge in [0.2, 0.25) is 0 Å². The van der Waals surface area contributed by atoms with E-state index in [0.717, 1.165) is 42.7 Å². The van der Waals surface area contributed by atoms with Gasteiger partial charge in [0.15, 0.2) is 11.5 Å². The van der Waals surface area contributed by atoms with Crippen LogP contribution in [-0.4, -0.2) is 25.3 Å². The molecule has 2 aromatic carbocycles. The van der Waals surface area contributed by atoms with Crippen LogP contribution in [0.4, 0.5) is 13.2 Å². The maximum Gasteiger partial charge on any atom is 0.417 e. The maximum absolute atomic E-state index is 13.1. The first-order valence-corrected chi connectivity index (χ1v) is 10.7. The summed E-state index contributed by atoms with van der Waals surface area (Å²) in [7, 11) is 1.60. The average molecular weight is 465 g/mol. The topological polar surface area (TPSA) is 44.8 Å². The molecule has 0 aromatic heterocycles. The van der Waals surface area contributed by atoms with Crippen molar-refractivity contribution in [2.75, 3.05) is 7.11 Å². The first kappa shape index (κ1) is 21.2. The molecular weight excluding hydrogens is 445 g/mol. The number of benzene rings is 2. The zero-order chi connectivity index (χ0) is 22.7. The van der Waals surface area contributed by atoms with E-state index in [4.69, 9.17) is 25.8 Å². The third kappa shape index (κ3) is 3.25. The lowest BCUT2D eigenvalue weighted by Crippen LogP contribution is -2.44. The molecule has 8 heteroatoms. The van der Waals surface area contributed by atoms with E-state index in [1.54, 1.807) is 7.11 Å². The summed E-state index contributed by atoms with van der Waals surface area (Å²) in [6.45, 7) is 0. The molecule has 32 heavy (non-hydrogen) atoms. The fourth-order valence-electron chi connectivity index (χ4n) is 5.13. The van der Waals surface area contributed by atoms with Crippen LogP contribution in [0.1, 0.15) is 46.3 Å². The monoisotopic (exact) mass is 464 g/mol. The summed E-state index contributed by atoms with van der Waals surface area (Å²) >= 11 is 5.65. The Labute approximate surface area is 187 Å². The highest BCUT2D eigenvalue weighted by molar-refractivity contribution is 6.31. The number of rotatable bonds is 3. The molecule has 1 heterocycles. The van der Waals surface area contributed by atoms with Gasteiger partial charge in [-0.05, 0) is 55.2 Å². The standard InChI is InChI=1S/C24H20ClF3O4/c1-30-18-7-5-13-3-2-9-23-10-8-15(12-19(23)32-21(18)20(13)23)31-22(29)14-4-6-17(25)16(11-14)24(26,27)28/h4-8,10-11,15,19H,2-3,9,12H2,1H3/t15-,19?,23+/m0/s1. The Hall–Kier alpha value is -2.67. The summed E-state index contributed by atoms with van der Waals surface area (Å²) in [5.41, 5.74) is 0.803. The van der Waals surface area contributed by atoms with Gasteiger partial charge >= 0.3 is 12.1 Å². The Balaban J connectivity index is 1.40. The number of ether oxygens (including phenoxy) is 3.